The minimum Gasteiger partial charge on any atom is -0.493 e. The molecule has 1 aromatic carbocycles. The summed E-state index contributed by atoms with van der Waals surface area (Å²) in [4.78, 5) is 2.57. The monoisotopic (exact) mass is 324 g/mol. The Morgan fingerprint density at radius 1 is 1.32 bits per heavy atom. The van der Waals surface area contributed by atoms with Gasteiger partial charge < -0.3 is 10.1 Å². The van der Waals surface area contributed by atoms with Crippen molar-refractivity contribution in [3.63, 3.8) is 0 Å². The summed E-state index contributed by atoms with van der Waals surface area (Å²) in [7, 11) is 0. The number of fused-ring (bicyclic) bond motifs is 1. The smallest absolute Gasteiger partial charge is 0.127 e. The van der Waals surface area contributed by atoms with E-state index in [1.165, 1.54) is 15.6 Å². The van der Waals surface area contributed by atoms with Crippen LogP contribution in [-0.2, 0) is 13.0 Å². The third-order valence-corrected chi connectivity index (χ3v) is 4.65. The molecule has 104 valence electrons. The maximum atomic E-state index is 5.83. The van der Waals surface area contributed by atoms with Gasteiger partial charge in [-0.25, -0.2) is 0 Å². The fourth-order valence-electron chi connectivity index (χ4n) is 3.14. The number of ether oxygens (including phenoxy) is 1. The Balaban J connectivity index is 1.86. The summed E-state index contributed by atoms with van der Waals surface area (Å²) in [6, 6.07) is 5.54. The maximum absolute atomic E-state index is 5.83. The third kappa shape index (κ3) is 2.67. The number of piperazine rings is 1. The molecule has 3 rings (SSSR count). The highest BCUT2D eigenvalue weighted by atomic mass is 79.9. The number of rotatable bonds is 2. The van der Waals surface area contributed by atoms with Crippen LogP contribution in [0.1, 0.15) is 25.0 Å². The molecule has 2 unspecified atom stereocenters. The van der Waals surface area contributed by atoms with Crippen LogP contribution in [0.4, 0.5) is 0 Å². The van der Waals surface area contributed by atoms with Crippen LogP contribution in [0.5, 0.6) is 5.75 Å². The topological polar surface area (TPSA) is 24.5 Å². The first-order chi connectivity index (χ1) is 9.15. The van der Waals surface area contributed by atoms with E-state index in [-0.39, 0.29) is 0 Å². The first-order valence-electron chi connectivity index (χ1n) is 7.05. The molecule has 0 aliphatic carbocycles. The summed E-state index contributed by atoms with van der Waals surface area (Å²) in [6.45, 7) is 8.53. The molecule has 2 atom stereocenters. The van der Waals surface area contributed by atoms with Gasteiger partial charge >= 0.3 is 0 Å². The lowest BCUT2D eigenvalue weighted by Gasteiger charge is -2.39. The van der Waals surface area contributed by atoms with Crippen LogP contribution in [-0.4, -0.2) is 36.7 Å². The molecule has 19 heavy (non-hydrogen) atoms. The van der Waals surface area contributed by atoms with E-state index in [1.807, 2.05) is 0 Å². The Hall–Kier alpha value is -0.580. The molecular weight excluding hydrogens is 304 g/mol. The standard InChI is InChI=1S/C15H21BrN2O/c1-10-7-17-8-11(2)18(10)9-13-6-14(16)5-12-3-4-19-15(12)13/h5-6,10-11,17H,3-4,7-9H2,1-2H3. The van der Waals surface area contributed by atoms with Gasteiger partial charge in [0.25, 0.3) is 0 Å². The Labute approximate surface area is 123 Å². The van der Waals surface area contributed by atoms with Gasteiger partial charge in [0.15, 0.2) is 0 Å². The quantitative estimate of drug-likeness (QED) is 0.904. The van der Waals surface area contributed by atoms with E-state index in [1.54, 1.807) is 0 Å². The van der Waals surface area contributed by atoms with Gasteiger partial charge in [0.1, 0.15) is 5.75 Å². The highest BCUT2D eigenvalue weighted by Gasteiger charge is 2.27. The lowest BCUT2D eigenvalue weighted by Crippen LogP contribution is -2.54. The molecule has 2 heterocycles. The number of hydrogen-bond donors (Lipinski definition) is 1. The second-order valence-electron chi connectivity index (χ2n) is 5.68. The summed E-state index contributed by atoms with van der Waals surface area (Å²) in [5.41, 5.74) is 2.67. The van der Waals surface area contributed by atoms with Gasteiger partial charge in [0.05, 0.1) is 6.61 Å². The van der Waals surface area contributed by atoms with Gasteiger partial charge in [-0.05, 0) is 31.5 Å². The van der Waals surface area contributed by atoms with Crippen molar-refractivity contribution in [2.24, 2.45) is 0 Å². The van der Waals surface area contributed by atoms with Crippen molar-refractivity contribution in [3.8, 4) is 5.75 Å². The van der Waals surface area contributed by atoms with Crippen LogP contribution in [0.3, 0.4) is 0 Å². The van der Waals surface area contributed by atoms with E-state index < -0.39 is 0 Å². The van der Waals surface area contributed by atoms with Gasteiger partial charge in [0.2, 0.25) is 0 Å². The van der Waals surface area contributed by atoms with Crippen LogP contribution in [0.25, 0.3) is 0 Å². The summed E-state index contributed by atoms with van der Waals surface area (Å²) >= 11 is 3.62. The van der Waals surface area contributed by atoms with Crippen LogP contribution in [0.15, 0.2) is 16.6 Å². The molecule has 2 aliphatic heterocycles. The number of halogens is 1. The van der Waals surface area contributed by atoms with Crippen molar-refractivity contribution < 1.29 is 4.74 Å². The molecule has 0 bridgehead atoms. The molecule has 0 spiro atoms. The predicted molar refractivity (Wildman–Crippen MR) is 80.7 cm³/mol. The fourth-order valence-corrected chi connectivity index (χ4v) is 3.69. The zero-order chi connectivity index (χ0) is 13.4. The van der Waals surface area contributed by atoms with Gasteiger partial charge in [-0.1, -0.05) is 15.9 Å². The van der Waals surface area contributed by atoms with Crippen LogP contribution in [0.2, 0.25) is 0 Å². The summed E-state index contributed by atoms with van der Waals surface area (Å²) < 4.78 is 7.00. The molecule has 2 aliphatic rings. The lowest BCUT2D eigenvalue weighted by atomic mass is 10.0. The first kappa shape index (κ1) is 13.4. The fraction of sp³-hybridized carbons (Fsp3) is 0.600. The highest BCUT2D eigenvalue weighted by Crippen LogP contribution is 2.34. The molecule has 3 nitrogen and oxygen atoms in total. The molecule has 1 fully saturated rings. The van der Waals surface area contributed by atoms with Crippen molar-refractivity contribution in [3.05, 3.63) is 27.7 Å². The molecule has 1 aromatic rings. The minimum absolute atomic E-state index is 0.569. The van der Waals surface area contributed by atoms with Crippen molar-refractivity contribution in [1.29, 1.82) is 0 Å². The second-order valence-corrected chi connectivity index (χ2v) is 6.60. The normalized spacial score (nSPS) is 27.1. The predicted octanol–water partition coefficient (Wildman–Crippen LogP) is 2.57. The van der Waals surface area contributed by atoms with Gasteiger partial charge in [-0.2, -0.15) is 0 Å². The number of hydrogen-bond acceptors (Lipinski definition) is 3. The maximum Gasteiger partial charge on any atom is 0.127 e. The second kappa shape index (κ2) is 5.43. The molecular formula is C15H21BrN2O. The molecule has 1 saturated heterocycles. The van der Waals surface area contributed by atoms with Crippen LogP contribution < -0.4 is 10.1 Å². The van der Waals surface area contributed by atoms with Gasteiger partial charge in [-0.15, -0.1) is 0 Å². The molecule has 0 amide bonds. The van der Waals surface area contributed by atoms with E-state index >= 15 is 0 Å². The molecule has 4 heteroatoms. The number of nitrogens with zero attached hydrogens (tertiary/aromatic N) is 1. The SMILES string of the molecule is CC1CNCC(C)N1Cc1cc(Br)cc2c1OCC2. The first-order valence-corrected chi connectivity index (χ1v) is 7.85. The lowest BCUT2D eigenvalue weighted by molar-refractivity contribution is 0.107. The Bertz CT molecular complexity index is 467. The summed E-state index contributed by atoms with van der Waals surface area (Å²) in [5.74, 6) is 1.13. The Morgan fingerprint density at radius 2 is 2.05 bits per heavy atom. The number of nitrogens with one attached hydrogen (secondary N) is 1. The zero-order valence-electron chi connectivity index (χ0n) is 11.6. The Kier molecular flexibility index (Phi) is 3.83. The van der Waals surface area contributed by atoms with Crippen molar-refractivity contribution in [1.82, 2.24) is 10.2 Å². The Morgan fingerprint density at radius 3 is 2.79 bits per heavy atom. The molecule has 0 saturated carbocycles. The van der Waals surface area contributed by atoms with E-state index in [9.17, 15) is 0 Å². The van der Waals surface area contributed by atoms with Crippen molar-refractivity contribution >= 4 is 15.9 Å². The van der Waals surface area contributed by atoms with Crippen LogP contribution >= 0.6 is 15.9 Å². The summed E-state index contributed by atoms with van der Waals surface area (Å²) in [5, 5.41) is 3.48. The zero-order valence-corrected chi connectivity index (χ0v) is 13.2. The average molecular weight is 325 g/mol. The number of benzene rings is 1. The van der Waals surface area contributed by atoms with E-state index in [2.05, 4.69) is 52.1 Å². The minimum atomic E-state index is 0.569. The molecule has 0 aromatic heterocycles. The van der Waals surface area contributed by atoms with Crippen molar-refractivity contribution in [2.75, 3.05) is 19.7 Å². The van der Waals surface area contributed by atoms with Gasteiger partial charge in [-0.3, -0.25) is 4.90 Å². The van der Waals surface area contributed by atoms with Crippen LogP contribution in [0, 0.1) is 0 Å². The van der Waals surface area contributed by atoms with E-state index in [0.717, 1.165) is 38.4 Å². The summed E-state index contributed by atoms with van der Waals surface area (Å²) in [6.07, 6.45) is 1.04. The van der Waals surface area contributed by atoms with Gasteiger partial charge in [0, 0.05) is 48.2 Å². The third-order valence-electron chi connectivity index (χ3n) is 4.19. The molecule has 1 N–H and O–H groups in total. The molecule has 0 radical (unpaired) electrons. The largest absolute Gasteiger partial charge is 0.493 e. The highest BCUT2D eigenvalue weighted by molar-refractivity contribution is 9.10. The van der Waals surface area contributed by atoms with E-state index in [4.69, 9.17) is 4.74 Å². The average Bonchev–Trinajstić information content (AvgIpc) is 2.81. The van der Waals surface area contributed by atoms with E-state index in [0.29, 0.717) is 12.1 Å². The van der Waals surface area contributed by atoms with Crippen molar-refractivity contribution in [2.45, 2.75) is 38.9 Å².